The largest absolute Gasteiger partial charge is 0.477 e. The van der Waals surface area contributed by atoms with E-state index in [0.717, 1.165) is 22.2 Å². The van der Waals surface area contributed by atoms with Crippen molar-refractivity contribution in [3.05, 3.63) is 71.9 Å². The van der Waals surface area contributed by atoms with Crippen LogP contribution in [-0.4, -0.2) is 15.6 Å². The third-order valence-electron chi connectivity index (χ3n) is 4.05. The lowest BCUT2D eigenvalue weighted by Gasteiger charge is -2.05. The summed E-state index contributed by atoms with van der Waals surface area (Å²) in [7, 11) is 0. The number of para-hydroxylation sites is 2. The summed E-state index contributed by atoms with van der Waals surface area (Å²) in [4.78, 5) is 11.4. The van der Waals surface area contributed by atoms with E-state index in [9.17, 15) is 15.2 Å². The number of nitrogens with zero attached hydrogens (tertiary/aromatic N) is 2. The van der Waals surface area contributed by atoms with Gasteiger partial charge < -0.3 is 9.67 Å². The molecule has 0 saturated heterocycles. The lowest BCUT2D eigenvalue weighted by Crippen LogP contribution is -2.02. The van der Waals surface area contributed by atoms with Crippen LogP contribution < -0.4 is 0 Å². The lowest BCUT2D eigenvalue weighted by atomic mass is 9.97. The standard InChI is InChI=1S/C20H16N2O2/c1-2-15(17(12-21)20(23)24)18-13-22(14-8-4-3-5-9-14)19-11-7-6-10-16(18)19/h3-11,13H,2H2,1H3,(H,23,24). The SMILES string of the molecule is CCC(=C(C#N)C(=O)O)c1cn(-c2ccccc2)c2ccccc12. The van der Waals surface area contributed by atoms with Gasteiger partial charge in [-0.05, 0) is 30.2 Å². The second kappa shape index (κ2) is 6.43. The van der Waals surface area contributed by atoms with Crippen molar-refractivity contribution in [1.29, 1.82) is 5.26 Å². The molecule has 24 heavy (non-hydrogen) atoms. The first-order valence-electron chi connectivity index (χ1n) is 7.69. The number of allylic oxidation sites excluding steroid dienone is 1. The molecular weight excluding hydrogens is 300 g/mol. The van der Waals surface area contributed by atoms with E-state index in [1.54, 1.807) is 0 Å². The third kappa shape index (κ3) is 2.57. The lowest BCUT2D eigenvalue weighted by molar-refractivity contribution is -0.132. The van der Waals surface area contributed by atoms with Crippen molar-refractivity contribution in [2.24, 2.45) is 0 Å². The number of aromatic nitrogens is 1. The molecule has 0 unspecified atom stereocenters. The van der Waals surface area contributed by atoms with Gasteiger partial charge in [-0.15, -0.1) is 0 Å². The fraction of sp³-hybridized carbons (Fsp3) is 0.100. The van der Waals surface area contributed by atoms with E-state index in [-0.39, 0.29) is 5.57 Å². The summed E-state index contributed by atoms with van der Waals surface area (Å²) in [6, 6.07) is 19.5. The summed E-state index contributed by atoms with van der Waals surface area (Å²) in [6.07, 6.45) is 2.39. The summed E-state index contributed by atoms with van der Waals surface area (Å²) in [5.74, 6) is -1.19. The summed E-state index contributed by atoms with van der Waals surface area (Å²) in [6.45, 7) is 1.87. The van der Waals surface area contributed by atoms with Crippen molar-refractivity contribution in [2.45, 2.75) is 13.3 Å². The van der Waals surface area contributed by atoms with Crippen LogP contribution in [0, 0.1) is 11.3 Å². The average Bonchev–Trinajstić information content (AvgIpc) is 2.99. The quantitative estimate of drug-likeness (QED) is 0.573. The predicted molar refractivity (Wildman–Crippen MR) is 93.7 cm³/mol. The molecule has 0 atom stereocenters. The minimum absolute atomic E-state index is 0.200. The number of hydrogen-bond acceptors (Lipinski definition) is 2. The minimum atomic E-state index is -1.19. The van der Waals surface area contributed by atoms with Gasteiger partial charge in [0.15, 0.2) is 0 Å². The van der Waals surface area contributed by atoms with Gasteiger partial charge in [0.1, 0.15) is 11.6 Å². The molecule has 0 spiro atoms. The van der Waals surface area contributed by atoms with E-state index < -0.39 is 5.97 Å². The Hall–Kier alpha value is -3.32. The molecule has 3 aromatic rings. The molecule has 4 heteroatoms. The monoisotopic (exact) mass is 316 g/mol. The molecule has 2 aromatic carbocycles. The van der Waals surface area contributed by atoms with Crippen LogP contribution in [0.2, 0.25) is 0 Å². The molecule has 0 fully saturated rings. The molecule has 1 N–H and O–H groups in total. The highest BCUT2D eigenvalue weighted by Crippen LogP contribution is 2.33. The molecule has 0 aliphatic rings. The van der Waals surface area contributed by atoms with E-state index in [0.29, 0.717) is 12.0 Å². The molecule has 0 bridgehead atoms. The number of rotatable bonds is 4. The number of fused-ring (bicyclic) bond motifs is 1. The average molecular weight is 316 g/mol. The maximum Gasteiger partial charge on any atom is 0.346 e. The van der Waals surface area contributed by atoms with Crippen molar-refractivity contribution in [3.63, 3.8) is 0 Å². The van der Waals surface area contributed by atoms with Crippen LogP contribution >= 0.6 is 0 Å². The fourth-order valence-corrected chi connectivity index (χ4v) is 2.97. The van der Waals surface area contributed by atoms with Crippen LogP contribution in [-0.2, 0) is 4.79 Å². The first-order chi connectivity index (χ1) is 11.7. The molecular formula is C20H16N2O2. The van der Waals surface area contributed by atoms with E-state index in [2.05, 4.69) is 0 Å². The second-order valence-electron chi connectivity index (χ2n) is 5.39. The van der Waals surface area contributed by atoms with Gasteiger partial charge in [-0.25, -0.2) is 4.79 Å². The summed E-state index contributed by atoms with van der Waals surface area (Å²) < 4.78 is 2.02. The minimum Gasteiger partial charge on any atom is -0.477 e. The molecule has 0 aliphatic heterocycles. The summed E-state index contributed by atoms with van der Waals surface area (Å²) in [5.41, 5.74) is 3.11. The normalized spacial score (nSPS) is 11.8. The number of nitriles is 1. The zero-order valence-corrected chi connectivity index (χ0v) is 13.2. The Morgan fingerprint density at radius 2 is 1.79 bits per heavy atom. The van der Waals surface area contributed by atoms with Crippen molar-refractivity contribution < 1.29 is 9.90 Å². The van der Waals surface area contributed by atoms with Gasteiger partial charge in [-0.3, -0.25) is 0 Å². The van der Waals surface area contributed by atoms with Crippen LogP contribution in [0.3, 0.4) is 0 Å². The van der Waals surface area contributed by atoms with Crippen LogP contribution in [0.4, 0.5) is 0 Å². The van der Waals surface area contributed by atoms with Gasteiger partial charge in [-0.2, -0.15) is 5.26 Å². The van der Waals surface area contributed by atoms with Gasteiger partial charge >= 0.3 is 5.97 Å². The highest BCUT2D eigenvalue weighted by Gasteiger charge is 2.19. The fourth-order valence-electron chi connectivity index (χ4n) is 2.97. The Morgan fingerprint density at radius 3 is 2.42 bits per heavy atom. The van der Waals surface area contributed by atoms with Crippen LogP contribution in [0.25, 0.3) is 22.2 Å². The van der Waals surface area contributed by atoms with Gasteiger partial charge in [0.25, 0.3) is 0 Å². The molecule has 0 radical (unpaired) electrons. The molecule has 0 aliphatic carbocycles. The van der Waals surface area contributed by atoms with Crippen LogP contribution in [0.15, 0.2) is 66.4 Å². The summed E-state index contributed by atoms with van der Waals surface area (Å²) in [5, 5.41) is 19.5. The first kappa shape index (κ1) is 15.6. The van der Waals surface area contributed by atoms with Gasteiger partial charge in [0, 0.05) is 22.8 Å². The number of benzene rings is 2. The van der Waals surface area contributed by atoms with Crippen molar-refractivity contribution in [2.75, 3.05) is 0 Å². The zero-order valence-electron chi connectivity index (χ0n) is 13.2. The molecule has 1 aromatic heterocycles. The van der Waals surface area contributed by atoms with E-state index in [1.165, 1.54) is 0 Å². The van der Waals surface area contributed by atoms with Crippen molar-refractivity contribution in [3.8, 4) is 11.8 Å². The third-order valence-corrected chi connectivity index (χ3v) is 4.05. The molecule has 118 valence electrons. The van der Waals surface area contributed by atoms with E-state index >= 15 is 0 Å². The van der Waals surface area contributed by atoms with E-state index in [1.807, 2.05) is 78.4 Å². The first-order valence-corrected chi connectivity index (χ1v) is 7.69. The Bertz CT molecular complexity index is 976. The predicted octanol–water partition coefficient (Wildman–Crippen LogP) is 4.40. The van der Waals surface area contributed by atoms with Crippen LogP contribution in [0.1, 0.15) is 18.9 Å². The van der Waals surface area contributed by atoms with Crippen molar-refractivity contribution >= 4 is 22.4 Å². The number of aliphatic carboxylic acids is 1. The number of carboxylic acid groups (broad SMARTS) is 1. The topological polar surface area (TPSA) is 66.0 Å². The number of carboxylic acids is 1. The molecule has 0 amide bonds. The smallest absolute Gasteiger partial charge is 0.346 e. The Kier molecular flexibility index (Phi) is 4.17. The van der Waals surface area contributed by atoms with Gasteiger partial charge in [0.2, 0.25) is 0 Å². The van der Waals surface area contributed by atoms with Gasteiger partial charge in [-0.1, -0.05) is 43.3 Å². The molecule has 1 heterocycles. The highest BCUT2D eigenvalue weighted by molar-refractivity contribution is 6.05. The molecule has 3 rings (SSSR count). The highest BCUT2D eigenvalue weighted by atomic mass is 16.4. The summed E-state index contributed by atoms with van der Waals surface area (Å²) >= 11 is 0. The Balaban J connectivity index is 2.35. The number of hydrogen-bond donors (Lipinski definition) is 1. The van der Waals surface area contributed by atoms with Crippen LogP contribution in [0.5, 0.6) is 0 Å². The maximum absolute atomic E-state index is 11.4. The zero-order chi connectivity index (χ0) is 17.1. The molecule has 4 nitrogen and oxygen atoms in total. The maximum atomic E-state index is 11.4. The van der Waals surface area contributed by atoms with E-state index in [4.69, 9.17) is 0 Å². The molecule has 0 saturated carbocycles. The second-order valence-corrected chi connectivity index (χ2v) is 5.39. The Labute approximate surface area is 139 Å². The van der Waals surface area contributed by atoms with Crippen molar-refractivity contribution in [1.82, 2.24) is 4.57 Å². The Morgan fingerprint density at radius 1 is 1.12 bits per heavy atom. The number of carbonyl (C=O) groups is 1. The van der Waals surface area contributed by atoms with Gasteiger partial charge in [0.05, 0.1) is 5.52 Å².